The number of carbonyl (C=O) groups excluding carboxylic acids is 1. The Morgan fingerprint density at radius 2 is 2.19 bits per heavy atom. The topological polar surface area (TPSA) is 75.5 Å². The molecule has 6 heteroatoms. The summed E-state index contributed by atoms with van der Waals surface area (Å²) in [6, 6.07) is 6.65. The molecule has 1 aromatic carbocycles. The minimum Gasteiger partial charge on any atom is -0.319 e. The number of hydrogen-bond acceptors (Lipinski definition) is 4. The summed E-state index contributed by atoms with van der Waals surface area (Å²) < 4.78 is 0. The van der Waals surface area contributed by atoms with E-state index in [2.05, 4.69) is 5.32 Å². The Morgan fingerprint density at radius 3 is 2.76 bits per heavy atom. The predicted molar refractivity (Wildman–Crippen MR) is 77.5 cm³/mol. The summed E-state index contributed by atoms with van der Waals surface area (Å²) >= 11 is 0. The van der Waals surface area contributed by atoms with Gasteiger partial charge in [0.1, 0.15) is 6.17 Å². The van der Waals surface area contributed by atoms with Crippen LogP contribution in [0.1, 0.15) is 44.3 Å². The summed E-state index contributed by atoms with van der Waals surface area (Å²) in [4.78, 5) is 24.9. The van der Waals surface area contributed by atoms with Crippen molar-refractivity contribution in [3.05, 3.63) is 39.9 Å². The van der Waals surface area contributed by atoms with E-state index in [9.17, 15) is 14.9 Å². The number of non-ortho nitro benzene ring substituents is 1. The lowest BCUT2D eigenvalue weighted by Gasteiger charge is -2.38. The van der Waals surface area contributed by atoms with Gasteiger partial charge in [0.15, 0.2) is 0 Å². The molecule has 1 saturated heterocycles. The van der Waals surface area contributed by atoms with Gasteiger partial charge in [-0.1, -0.05) is 19.1 Å². The van der Waals surface area contributed by atoms with Gasteiger partial charge in [-0.15, -0.1) is 0 Å². The summed E-state index contributed by atoms with van der Waals surface area (Å²) in [5.41, 5.74) is 0.857. The number of hydrogen-bond donors (Lipinski definition) is 1. The molecule has 1 amide bonds. The van der Waals surface area contributed by atoms with Gasteiger partial charge in [-0.25, -0.2) is 0 Å². The molecular weight excluding hydrogens is 270 g/mol. The van der Waals surface area contributed by atoms with Crippen LogP contribution < -0.4 is 5.32 Å². The van der Waals surface area contributed by atoms with Gasteiger partial charge >= 0.3 is 0 Å². The van der Waals surface area contributed by atoms with Crippen molar-refractivity contribution >= 4 is 11.6 Å². The van der Waals surface area contributed by atoms with Crippen molar-refractivity contribution in [2.45, 2.75) is 50.9 Å². The Hall–Kier alpha value is -1.95. The first kappa shape index (κ1) is 14.0. The molecule has 0 aromatic heterocycles. The Bertz CT molecular complexity index is 571. The highest BCUT2D eigenvalue weighted by Gasteiger charge is 2.44. The minimum absolute atomic E-state index is 0.0651. The first-order valence-electron chi connectivity index (χ1n) is 7.44. The Labute approximate surface area is 123 Å². The number of nitro groups is 1. The molecule has 1 aromatic rings. The van der Waals surface area contributed by atoms with Crippen molar-refractivity contribution in [2.24, 2.45) is 0 Å². The Morgan fingerprint density at radius 1 is 1.43 bits per heavy atom. The number of carbonyl (C=O) groups is 1. The fourth-order valence-electron chi connectivity index (χ4n) is 3.06. The molecule has 112 valence electrons. The summed E-state index contributed by atoms with van der Waals surface area (Å²) in [5.74, 6) is 0.124. The van der Waals surface area contributed by atoms with Crippen molar-refractivity contribution < 1.29 is 9.72 Å². The molecule has 1 saturated carbocycles. The van der Waals surface area contributed by atoms with E-state index in [0.717, 1.165) is 31.2 Å². The highest BCUT2D eigenvalue weighted by molar-refractivity contribution is 5.85. The summed E-state index contributed by atoms with van der Waals surface area (Å²) in [7, 11) is 0. The zero-order valence-electron chi connectivity index (χ0n) is 12.0. The van der Waals surface area contributed by atoms with Crippen molar-refractivity contribution in [1.82, 2.24) is 10.2 Å². The Kier molecular flexibility index (Phi) is 3.63. The molecule has 2 aliphatic rings. The van der Waals surface area contributed by atoms with E-state index >= 15 is 0 Å². The molecule has 1 heterocycles. The van der Waals surface area contributed by atoms with E-state index < -0.39 is 4.92 Å². The smallest absolute Gasteiger partial charge is 0.269 e. The SMILES string of the molecule is CCC1NC(c2cccc([N+](=O)[O-])c2)N(C2CCC2)C1=O. The number of amides is 1. The molecule has 3 rings (SSSR count). The van der Waals surface area contributed by atoms with Crippen LogP contribution in [0.15, 0.2) is 24.3 Å². The standard InChI is InChI=1S/C15H19N3O3/c1-2-13-15(19)17(11-6-4-7-11)14(16-13)10-5-3-8-12(9-10)18(20)21/h3,5,8-9,11,13-14,16H,2,4,6-7H2,1H3. The normalized spacial score (nSPS) is 26.0. The van der Waals surface area contributed by atoms with Crippen LogP contribution in [0, 0.1) is 10.1 Å². The lowest BCUT2D eigenvalue weighted by atomic mass is 9.90. The van der Waals surface area contributed by atoms with Gasteiger partial charge in [0.25, 0.3) is 5.69 Å². The van der Waals surface area contributed by atoms with E-state index in [1.165, 1.54) is 6.07 Å². The van der Waals surface area contributed by atoms with Crippen molar-refractivity contribution in [3.8, 4) is 0 Å². The number of benzene rings is 1. The molecule has 0 bridgehead atoms. The maximum atomic E-state index is 12.5. The molecule has 2 fully saturated rings. The quantitative estimate of drug-likeness (QED) is 0.682. The third kappa shape index (κ3) is 2.40. The maximum absolute atomic E-state index is 12.5. The van der Waals surface area contributed by atoms with Gasteiger partial charge < -0.3 is 4.90 Å². The van der Waals surface area contributed by atoms with Gasteiger partial charge in [-0.2, -0.15) is 0 Å². The Balaban J connectivity index is 1.93. The first-order valence-corrected chi connectivity index (χ1v) is 7.44. The first-order chi connectivity index (χ1) is 10.1. The lowest BCUT2D eigenvalue weighted by Crippen LogP contribution is -2.44. The van der Waals surface area contributed by atoms with Crippen LogP contribution in [0.25, 0.3) is 0 Å². The molecule has 1 aliphatic heterocycles. The maximum Gasteiger partial charge on any atom is 0.269 e. The molecule has 6 nitrogen and oxygen atoms in total. The second kappa shape index (κ2) is 5.44. The van der Waals surface area contributed by atoms with Crippen LogP contribution in [0.5, 0.6) is 0 Å². The van der Waals surface area contributed by atoms with Crippen molar-refractivity contribution in [2.75, 3.05) is 0 Å². The second-order valence-electron chi connectivity index (χ2n) is 5.71. The van der Waals surface area contributed by atoms with Crippen LogP contribution in [0.2, 0.25) is 0 Å². The third-order valence-corrected chi connectivity index (χ3v) is 4.46. The molecule has 21 heavy (non-hydrogen) atoms. The van der Waals surface area contributed by atoms with Gasteiger partial charge in [-0.05, 0) is 31.2 Å². The minimum atomic E-state index is -0.398. The molecule has 0 radical (unpaired) electrons. The summed E-state index contributed by atoms with van der Waals surface area (Å²) in [6.45, 7) is 1.98. The van der Waals surface area contributed by atoms with E-state index in [-0.39, 0.29) is 29.8 Å². The summed E-state index contributed by atoms with van der Waals surface area (Å²) in [5, 5.41) is 14.3. The number of nitro benzene ring substituents is 1. The molecule has 2 atom stereocenters. The van der Waals surface area contributed by atoms with Crippen LogP contribution in [-0.2, 0) is 4.79 Å². The average molecular weight is 289 g/mol. The fraction of sp³-hybridized carbons (Fsp3) is 0.533. The van der Waals surface area contributed by atoms with E-state index in [1.54, 1.807) is 12.1 Å². The monoisotopic (exact) mass is 289 g/mol. The number of rotatable bonds is 4. The molecule has 1 N–H and O–H groups in total. The molecule has 2 unspecified atom stereocenters. The average Bonchev–Trinajstić information content (AvgIpc) is 2.75. The molecule has 1 aliphatic carbocycles. The fourth-order valence-corrected chi connectivity index (χ4v) is 3.06. The lowest BCUT2D eigenvalue weighted by molar-refractivity contribution is -0.385. The highest BCUT2D eigenvalue weighted by Crippen LogP contribution is 2.36. The zero-order valence-corrected chi connectivity index (χ0v) is 12.0. The molecular formula is C15H19N3O3. The van der Waals surface area contributed by atoms with Crippen molar-refractivity contribution in [3.63, 3.8) is 0 Å². The third-order valence-electron chi connectivity index (χ3n) is 4.46. The highest BCUT2D eigenvalue weighted by atomic mass is 16.6. The number of nitrogens with one attached hydrogen (secondary N) is 1. The molecule has 0 spiro atoms. The largest absolute Gasteiger partial charge is 0.319 e. The van der Waals surface area contributed by atoms with Gasteiger partial charge in [-0.3, -0.25) is 20.2 Å². The van der Waals surface area contributed by atoms with Crippen molar-refractivity contribution in [1.29, 1.82) is 0 Å². The van der Waals surface area contributed by atoms with Gasteiger partial charge in [0, 0.05) is 18.2 Å². The van der Waals surface area contributed by atoms with Crippen LogP contribution in [0.3, 0.4) is 0 Å². The predicted octanol–water partition coefficient (Wildman–Crippen LogP) is 2.36. The van der Waals surface area contributed by atoms with Gasteiger partial charge in [0.05, 0.1) is 11.0 Å². The summed E-state index contributed by atoms with van der Waals surface area (Å²) in [6.07, 6.45) is 3.68. The van der Waals surface area contributed by atoms with E-state index in [1.807, 2.05) is 17.9 Å². The number of nitrogens with zero attached hydrogens (tertiary/aromatic N) is 2. The van der Waals surface area contributed by atoms with Crippen LogP contribution in [-0.4, -0.2) is 27.8 Å². The van der Waals surface area contributed by atoms with Gasteiger partial charge in [0.2, 0.25) is 5.91 Å². The van der Waals surface area contributed by atoms with Crippen LogP contribution in [0.4, 0.5) is 5.69 Å². The van der Waals surface area contributed by atoms with Crippen LogP contribution >= 0.6 is 0 Å². The zero-order chi connectivity index (χ0) is 15.0. The second-order valence-corrected chi connectivity index (χ2v) is 5.71. The van der Waals surface area contributed by atoms with E-state index in [0.29, 0.717) is 0 Å². The van der Waals surface area contributed by atoms with E-state index in [4.69, 9.17) is 0 Å².